The van der Waals surface area contributed by atoms with Gasteiger partial charge in [0, 0.05) is 24.7 Å². The van der Waals surface area contributed by atoms with Crippen molar-refractivity contribution in [2.75, 3.05) is 32.5 Å². The summed E-state index contributed by atoms with van der Waals surface area (Å²) in [5.41, 5.74) is 8.49. The van der Waals surface area contributed by atoms with Crippen LogP contribution in [0.4, 0.5) is 5.69 Å². The van der Waals surface area contributed by atoms with E-state index in [1.165, 1.54) is 0 Å². The van der Waals surface area contributed by atoms with Crippen molar-refractivity contribution in [1.82, 2.24) is 9.88 Å². The van der Waals surface area contributed by atoms with Crippen molar-refractivity contribution in [3.63, 3.8) is 0 Å². The van der Waals surface area contributed by atoms with E-state index in [9.17, 15) is 0 Å². The first-order valence-electron chi connectivity index (χ1n) is 6.15. The summed E-state index contributed by atoms with van der Waals surface area (Å²) in [5.74, 6) is 0. The molecule has 1 aromatic carbocycles. The fourth-order valence-electron chi connectivity index (χ4n) is 1.92. The lowest BCUT2D eigenvalue weighted by molar-refractivity contribution is 0.425. The zero-order valence-electron chi connectivity index (χ0n) is 11.2. The molecule has 0 bridgehead atoms. The number of nitrogens with zero attached hydrogens (tertiary/aromatic N) is 2. The van der Waals surface area contributed by atoms with Crippen molar-refractivity contribution in [2.24, 2.45) is 5.73 Å². The molecule has 5 heteroatoms. The highest BCUT2D eigenvalue weighted by Gasteiger charge is 2.10. The minimum Gasteiger partial charge on any atom is -0.389 e. The summed E-state index contributed by atoms with van der Waals surface area (Å²) in [7, 11) is 4.08. The number of aromatic nitrogens is 1. The van der Waals surface area contributed by atoms with Gasteiger partial charge < -0.3 is 16.0 Å². The van der Waals surface area contributed by atoms with Gasteiger partial charge in [0.15, 0.2) is 0 Å². The molecule has 0 saturated heterocycles. The lowest BCUT2D eigenvalue weighted by Crippen LogP contribution is -2.22. The van der Waals surface area contributed by atoms with Gasteiger partial charge in [-0.15, -0.1) is 0 Å². The lowest BCUT2D eigenvalue weighted by atomic mass is 10.1. The van der Waals surface area contributed by atoms with E-state index in [0.29, 0.717) is 4.99 Å². The Morgan fingerprint density at radius 3 is 2.79 bits per heavy atom. The summed E-state index contributed by atoms with van der Waals surface area (Å²) in [6.45, 7) is 1.77. The Labute approximate surface area is 118 Å². The molecule has 0 aliphatic heterocycles. The quantitative estimate of drug-likeness (QED) is 0.815. The van der Waals surface area contributed by atoms with E-state index in [1.807, 2.05) is 38.4 Å². The second-order valence-electron chi connectivity index (χ2n) is 4.66. The fourth-order valence-corrected chi connectivity index (χ4v) is 2.08. The molecule has 1 aromatic heterocycles. The number of pyridine rings is 1. The predicted octanol–water partition coefficient (Wildman–Crippen LogP) is 1.84. The number of anilines is 1. The van der Waals surface area contributed by atoms with Gasteiger partial charge in [-0.25, -0.2) is 0 Å². The number of hydrogen-bond donors (Lipinski definition) is 2. The summed E-state index contributed by atoms with van der Waals surface area (Å²) in [4.78, 5) is 6.88. The molecule has 0 aliphatic rings. The van der Waals surface area contributed by atoms with Crippen LogP contribution in [0.2, 0.25) is 0 Å². The molecule has 19 heavy (non-hydrogen) atoms. The third-order valence-electron chi connectivity index (χ3n) is 2.90. The van der Waals surface area contributed by atoms with Crippen LogP contribution in [0.3, 0.4) is 0 Å². The zero-order valence-corrected chi connectivity index (χ0v) is 12.0. The summed E-state index contributed by atoms with van der Waals surface area (Å²) in [6, 6.07) is 7.97. The van der Waals surface area contributed by atoms with Crippen molar-refractivity contribution in [2.45, 2.75) is 0 Å². The van der Waals surface area contributed by atoms with Crippen LogP contribution in [0.1, 0.15) is 5.56 Å². The number of para-hydroxylation sites is 1. The first kappa shape index (κ1) is 13.7. The van der Waals surface area contributed by atoms with Crippen molar-refractivity contribution >= 4 is 33.8 Å². The summed E-state index contributed by atoms with van der Waals surface area (Å²) in [6.07, 6.45) is 1.74. The molecular weight excluding hydrogens is 256 g/mol. The van der Waals surface area contributed by atoms with Crippen LogP contribution in [0, 0.1) is 0 Å². The molecule has 0 saturated carbocycles. The van der Waals surface area contributed by atoms with Gasteiger partial charge in [0.1, 0.15) is 4.99 Å². The van der Waals surface area contributed by atoms with E-state index in [1.54, 1.807) is 6.20 Å². The minimum atomic E-state index is 0.366. The van der Waals surface area contributed by atoms with Crippen molar-refractivity contribution in [3.8, 4) is 0 Å². The second kappa shape index (κ2) is 5.95. The summed E-state index contributed by atoms with van der Waals surface area (Å²) >= 11 is 5.10. The molecule has 100 valence electrons. The first-order chi connectivity index (χ1) is 9.09. The predicted molar refractivity (Wildman–Crippen MR) is 84.7 cm³/mol. The average molecular weight is 274 g/mol. The van der Waals surface area contributed by atoms with Crippen LogP contribution in [0.15, 0.2) is 30.5 Å². The molecule has 4 nitrogen and oxygen atoms in total. The molecule has 0 spiro atoms. The Bertz CT molecular complexity index is 595. The van der Waals surface area contributed by atoms with Crippen molar-refractivity contribution in [1.29, 1.82) is 0 Å². The van der Waals surface area contributed by atoms with E-state index in [0.717, 1.165) is 35.2 Å². The standard InChI is InChI=1S/C14H18N4S/c1-18(2)8-7-16-13-10-5-3-4-6-12(10)17-9-11(13)14(15)19/h3-6,9H,7-8H2,1-2H3,(H2,15,19)(H,16,17). The SMILES string of the molecule is CN(C)CCNc1c(C(N)=S)cnc2ccccc12. The smallest absolute Gasteiger partial charge is 0.107 e. The normalized spacial score (nSPS) is 10.9. The largest absolute Gasteiger partial charge is 0.389 e. The third kappa shape index (κ3) is 3.19. The van der Waals surface area contributed by atoms with Gasteiger partial charge in [0.25, 0.3) is 0 Å². The lowest BCUT2D eigenvalue weighted by Gasteiger charge is -2.16. The number of thiocarbonyl (C=S) groups is 1. The van der Waals surface area contributed by atoms with E-state index >= 15 is 0 Å². The number of benzene rings is 1. The van der Waals surface area contributed by atoms with Gasteiger partial charge in [-0.05, 0) is 20.2 Å². The summed E-state index contributed by atoms with van der Waals surface area (Å²) in [5, 5.41) is 4.47. The number of nitrogens with one attached hydrogen (secondary N) is 1. The Morgan fingerprint density at radius 1 is 1.37 bits per heavy atom. The Morgan fingerprint density at radius 2 is 2.11 bits per heavy atom. The summed E-state index contributed by atoms with van der Waals surface area (Å²) < 4.78 is 0. The number of fused-ring (bicyclic) bond motifs is 1. The molecule has 3 N–H and O–H groups in total. The van der Waals surface area contributed by atoms with Crippen molar-refractivity contribution in [3.05, 3.63) is 36.0 Å². The Kier molecular flexibility index (Phi) is 4.29. The van der Waals surface area contributed by atoms with E-state index in [4.69, 9.17) is 18.0 Å². The molecule has 2 aromatic rings. The van der Waals surface area contributed by atoms with Gasteiger partial charge in [-0.3, -0.25) is 4.98 Å². The van der Waals surface area contributed by atoms with Gasteiger partial charge in [0.2, 0.25) is 0 Å². The topological polar surface area (TPSA) is 54.2 Å². The zero-order chi connectivity index (χ0) is 13.8. The van der Waals surface area contributed by atoms with Crippen LogP contribution < -0.4 is 11.1 Å². The van der Waals surface area contributed by atoms with Gasteiger partial charge >= 0.3 is 0 Å². The highest BCUT2D eigenvalue weighted by Crippen LogP contribution is 2.25. The maximum Gasteiger partial charge on any atom is 0.107 e. The maximum atomic E-state index is 5.78. The highest BCUT2D eigenvalue weighted by molar-refractivity contribution is 7.80. The number of rotatable bonds is 5. The molecule has 0 fully saturated rings. The molecule has 0 atom stereocenters. The van der Waals surface area contributed by atoms with Crippen LogP contribution in [0.25, 0.3) is 10.9 Å². The second-order valence-corrected chi connectivity index (χ2v) is 5.10. The first-order valence-corrected chi connectivity index (χ1v) is 6.56. The Hall–Kier alpha value is -1.72. The highest BCUT2D eigenvalue weighted by atomic mass is 32.1. The van der Waals surface area contributed by atoms with Gasteiger partial charge in [0.05, 0.1) is 16.8 Å². The maximum absolute atomic E-state index is 5.78. The van der Waals surface area contributed by atoms with Crippen molar-refractivity contribution < 1.29 is 0 Å². The molecule has 0 amide bonds. The minimum absolute atomic E-state index is 0.366. The number of nitrogens with two attached hydrogens (primary N) is 1. The van der Waals surface area contributed by atoms with Crippen LogP contribution in [-0.4, -0.2) is 42.1 Å². The van der Waals surface area contributed by atoms with Crippen LogP contribution in [0.5, 0.6) is 0 Å². The number of hydrogen-bond acceptors (Lipinski definition) is 4. The molecule has 1 heterocycles. The Balaban J connectivity index is 2.41. The number of likely N-dealkylation sites (N-methyl/N-ethyl adjacent to an activating group) is 1. The van der Waals surface area contributed by atoms with Gasteiger partial charge in [-0.1, -0.05) is 30.4 Å². The van der Waals surface area contributed by atoms with E-state index < -0.39 is 0 Å². The molecule has 2 rings (SSSR count). The van der Waals surface area contributed by atoms with Crippen LogP contribution >= 0.6 is 12.2 Å². The third-order valence-corrected chi connectivity index (χ3v) is 3.12. The van der Waals surface area contributed by atoms with Crippen LogP contribution in [-0.2, 0) is 0 Å². The molecular formula is C14H18N4S. The van der Waals surface area contributed by atoms with E-state index in [-0.39, 0.29) is 0 Å². The fraction of sp³-hybridized carbons (Fsp3) is 0.286. The van der Waals surface area contributed by atoms with Gasteiger partial charge in [-0.2, -0.15) is 0 Å². The molecule has 0 aliphatic carbocycles. The van der Waals surface area contributed by atoms with E-state index in [2.05, 4.69) is 15.2 Å². The molecule has 0 unspecified atom stereocenters. The molecule has 0 radical (unpaired) electrons. The monoisotopic (exact) mass is 274 g/mol. The average Bonchev–Trinajstić information content (AvgIpc) is 2.38.